The number of anilines is 1. The van der Waals surface area contributed by atoms with Gasteiger partial charge in [-0.2, -0.15) is 5.10 Å². The molecule has 1 aromatic heterocycles. The molecule has 0 bridgehead atoms. The Bertz CT molecular complexity index is 552. The second kappa shape index (κ2) is 6.78. The highest BCUT2D eigenvalue weighted by Crippen LogP contribution is 2.12. The molecule has 106 valence electrons. The van der Waals surface area contributed by atoms with Crippen LogP contribution >= 0.6 is 0 Å². The number of carbonyl (C=O) groups is 1. The van der Waals surface area contributed by atoms with Gasteiger partial charge in [0.15, 0.2) is 0 Å². The van der Waals surface area contributed by atoms with Gasteiger partial charge in [0, 0.05) is 19.3 Å². The molecule has 1 amide bonds. The predicted molar refractivity (Wildman–Crippen MR) is 74.0 cm³/mol. The zero-order valence-electron chi connectivity index (χ0n) is 11.2. The minimum atomic E-state index is -0.644. The Balaban J connectivity index is 2.04. The molecule has 1 heterocycles. The van der Waals surface area contributed by atoms with Crippen molar-refractivity contribution in [1.29, 1.82) is 0 Å². The van der Waals surface area contributed by atoms with Crippen LogP contribution < -0.4 is 11.1 Å². The van der Waals surface area contributed by atoms with E-state index in [1.165, 1.54) is 13.4 Å². The van der Waals surface area contributed by atoms with Gasteiger partial charge in [0.1, 0.15) is 18.8 Å². The van der Waals surface area contributed by atoms with Crippen LogP contribution in [0.5, 0.6) is 0 Å². The zero-order chi connectivity index (χ0) is 14.4. The monoisotopic (exact) mass is 275 g/mol. The van der Waals surface area contributed by atoms with Crippen LogP contribution in [0.4, 0.5) is 5.69 Å². The maximum Gasteiger partial charge on any atom is 0.254 e. The quantitative estimate of drug-likeness (QED) is 0.787. The van der Waals surface area contributed by atoms with E-state index in [9.17, 15) is 4.79 Å². The summed E-state index contributed by atoms with van der Waals surface area (Å²) in [6.45, 7) is 0.731. The maximum absolute atomic E-state index is 11.9. The molecule has 2 rings (SSSR count). The molecule has 0 fully saturated rings. The Morgan fingerprint density at radius 1 is 1.55 bits per heavy atom. The predicted octanol–water partition coefficient (Wildman–Crippen LogP) is 0.239. The number of ether oxygens (including phenoxy) is 1. The van der Waals surface area contributed by atoms with E-state index in [4.69, 9.17) is 10.5 Å². The lowest BCUT2D eigenvalue weighted by Crippen LogP contribution is -2.35. The summed E-state index contributed by atoms with van der Waals surface area (Å²) in [4.78, 5) is 15.7. The van der Waals surface area contributed by atoms with Gasteiger partial charge in [-0.25, -0.2) is 9.67 Å². The average Bonchev–Trinajstić information content (AvgIpc) is 2.93. The molecule has 0 aliphatic rings. The van der Waals surface area contributed by atoms with E-state index in [1.54, 1.807) is 11.0 Å². The van der Waals surface area contributed by atoms with Crippen LogP contribution in [0.1, 0.15) is 5.56 Å². The molecule has 3 N–H and O–H groups in total. The number of amides is 1. The Labute approximate surface area is 116 Å². The van der Waals surface area contributed by atoms with Crippen molar-refractivity contribution in [2.24, 2.45) is 5.73 Å². The number of methoxy groups -OCH3 is 1. The number of nitrogens with one attached hydrogen (secondary N) is 1. The van der Waals surface area contributed by atoms with Gasteiger partial charge >= 0.3 is 0 Å². The van der Waals surface area contributed by atoms with Crippen molar-refractivity contribution in [3.05, 3.63) is 42.5 Å². The molecule has 2 aromatic rings. The van der Waals surface area contributed by atoms with Crippen LogP contribution in [0, 0.1) is 0 Å². The van der Waals surface area contributed by atoms with Gasteiger partial charge < -0.3 is 15.8 Å². The van der Waals surface area contributed by atoms with E-state index in [0.717, 1.165) is 5.56 Å². The number of carbonyl (C=O) groups excluding carboxylic acids is 1. The minimum Gasteiger partial charge on any atom is -0.370 e. The fourth-order valence-corrected chi connectivity index (χ4v) is 1.78. The van der Waals surface area contributed by atoms with Crippen molar-refractivity contribution >= 4 is 11.6 Å². The molecular weight excluding hydrogens is 258 g/mol. The van der Waals surface area contributed by atoms with Crippen LogP contribution in [0.2, 0.25) is 0 Å². The number of aromatic nitrogens is 3. The Morgan fingerprint density at radius 3 is 3.05 bits per heavy atom. The van der Waals surface area contributed by atoms with E-state index in [0.29, 0.717) is 12.2 Å². The molecule has 7 heteroatoms. The second-order valence-electron chi connectivity index (χ2n) is 4.24. The van der Waals surface area contributed by atoms with Gasteiger partial charge in [-0.1, -0.05) is 12.1 Å². The summed E-state index contributed by atoms with van der Waals surface area (Å²) in [7, 11) is 1.46. The van der Waals surface area contributed by atoms with Crippen molar-refractivity contribution in [3.63, 3.8) is 0 Å². The SMILES string of the molecule is COC(CN)C(=O)Nc1cccc(Cn2cncn2)c1. The van der Waals surface area contributed by atoms with E-state index in [-0.39, 0.29) is 12.5 Å². The van der Waals surface area contributed by atoms with Crippen molar-refractivity contribution in [2.45, 2.75) is 12.6 Å². The third kappa shape index (κ3) is 3.62. The lowest BCUT2D eigenvalue weighted by molar-refractivity contribution is -0.125. The van der Waals surface area contributed by atoms with Crippen molar-refractivity contribution < 1.29 is 9.53 Å². The number of rotatable bonds is 6. The first kappa shape index (κ1) is 14.2. The first-order valence-electron chi connectivity index (χ1n) is 6.18. The summed E-state index contributed by atoms with van der Waals surface area (Å²) in [6, 6.07) is 7.51. The first-order chi connectivity index (χ1) is 9.72. The summed E-state index contributed by atoms with van der Waals surface area (Å²) in [5.41, 5.74) is 7.16. The molecule has 0 aliphatic carbocycles. The fraction of sp³-hybridized carbons (Fsp3) is 0.308. The molecule has 20 heavy (non-hydrogen) atoms. The van der Waals surface area contributed by atoms with E-state index in [1.807, 2.05) is 24.3 Å². The van der Waals surface area contributed by atoms with Crippen LogP contribution in [-0.4, -0.2) is 40.4 Å². The Morgan fingerprint density at radius 2 is 2.40 bits per heavy atom. The van der Waals surface area contributed by atoms with Crippen LogP contribution in [0.15, 0.2) is 36.9 Å². The first-order valence-corrected chi connectivity index (χ1v) is 6.18. The summed E-state index contributed by atoms with van der Waals surface area (Å²) in [5.74, 6) is -0.257. The van der Waals surface area contributed by atoms with Gasteiger partial charge in [0.05, 0.1) is 6.54 Å². The molecule has 1 aromatic carbocycles. The molecular formula is C13H17N5O2. The molecule has 0 saturated heterocycles. The molecule has 7 nitrogen and oxygen atoms in total. The smallest absolute Gasteiger partial charge is 0.254 e. The third-order valence-electron chi connectivity index (χ3n) is 2.80. The van der Waals surface area contributed by atoms with E-state index >= 15 is 0 Å². The van der Waals surface area contributed by atoms with Gasteiger partial charge in [-0.05, 0) is 17.7 Å². The molecule has 1 unspecified atom stereocenters. The molecule has 0 aliphatic heterocycles. The topological polar surface area (TPSA) is 95.1 Å². The highest BCUT2D eigenvalue weighted by atomic mass is 16.5. The van der Waals surface area contributed by atoms with Gasteiger partial charge in [0.2, 0.25) is 0 Å². The van der Waals surface area contributed by atoms with Crippen LogP contribution in [-0.2, 0) is 16.1 Å². The second-order valence-corrected chi connectivity index (χ2v) is 4.24. The highest BCUT2D eigenvalue weighted by molar-refractivity contribution is 5.94. The van der Waals surface area contributed by atoms with Crippen molar-refractivity contribution in [1.82, 2.24) is 14.8 Å². The number of hydrogen-bond donors (Lipinski definition) is 2. The van der Waals surface area contributed by atoms with Crippen molar-refractivity contribution in [2.75, 3.05) is 19.0 Å². The largest absolute Gasteiger partial charge is 0.370 e. The summed E-state index contributed by atoms with van der Waals surface area (Å²) >= 11 is 0. The van der Waals surface area contributed by atoms with Gasteiger partial charge in [0.25, 0.3) is 5.91 Å². The van der Waals surface area contributed by atoms with Crippen LogP contribution in [0.3, 0.4) is 0 Å². The molecule has 1 atom stereocenters. The lowest BCUT2D eigenvalue weighted by Gasteiger charge is -2.13. The number of nitrogens with zero attached hydrogens (tertiary/aromatic N) is 3. The number of hydrogen-bond acceptors (Lipinski definition) is 5. The summed E-state index contributed by atoms with van der Waals surface area (Å²) in [6.07, 6.45) is 2.48. The number of nitrogens with two attached hydrogens (primary N) is 1. The Kier molecular flexibility index (Phi) is 4.80. The van der Waals surface area contributed by atoms with Gasteiger partial charge in [-0.15, -0.1) is 0 Å². The van der Waals surface area contributed by atoms with E-state index in [2.05, 4.69) is 15.4 Å². The zero-order valence-corrected chi connectivity index (χ0v) is 11.2. The van der Waals surface area contributed by atoms with Crippen LogP contribution in [0.25, 0.3) is 0 Å². The lowest BCUT2D eigenvalue weighted by atomic mass is 10.2. The third-order valence-corrected chi connectivity index (χ3v) is 2.80. The standard InChI is InChI=1S/C13H17N5O2/c1-20-12(6-14)13(19)17-11-4-2-3-10(5-11)7-18-9-15-8-16-18/h2-5,8-9,12H,6-7,14H2,1H3,(H,17,19). The fourth-order valence-electron chi connectivity index (χ4n) is 1.78. The molecule has 0 radical (unpaired) electrons. The number of benzene rings is 1. The maximum atomic E-state index is 11.9. The molecule has 0 spiro atoms. The van der Waals surface area contributed by atoms with E-state index < -0.39 is 6.10 Å². The minimum absolute atomic E-state index is 0.140. The van der Waals surface area contributed by atoms with Crippen molar-refractivity contribution in [3.8, 4) is 0 Å². The summed E-state index contributed by atoms with van der Waals surface area (Å²) in [5, 5.41) is 6.81. The Hall–Kier alpha value is -2.25. The normalized spacial score (nSPS) is 12.1. The molecule has 0 saturated carbocycles. The van der Waals surface area contributed by atoms with Gasteiger partial charge in [-0.3, -0.25) is 4.79 Å². The highest BCUT2D eigenvalue weighted by Gasteiger charge is 2.15. The summed E-state index contributed by atoms with van der Waals surface area (Å²) < 4.78 is 6.70. The average molecular weight is 275 g/mol.